The maximum atomic E-state index is 12.5. The Morgan fingerprint density at radius 2 is 2.07 bits per heavy atom. The molecular weight excluding hydrogens is 386 g/mol. The quantitative estimate of drug-likeness (QED) is 0.577. The van der Waals surface area contributed by atoms with Gasteiger partial charge >= 0.3 is 0 Å². The molecule has 1 fully saturated rings. The van der Waals surface area contributed by atoms with Gasteiger partial charge in [-0.05, 0) is 55.0 Å². The number of benzene rings is 2. The van der Waals surface area contributed by atoms with E-state index in [1.807, 2.05) is 23.1 Å². The summed E-state index contributed by atoms with van der Waals surface area (Å²) in [6.07, 6.45) is 2.77. The number of hydrogen-bond donors (Lipinski definition) is 1. The number of anilines is 1. The van der Waals surface area contributed by atoms with Gasteiger partial charge in [0.1, 0.15) is 5.69 Å². The molecule has 0 bridgehead atoms. The first kappa shape index (κ1) is 20.0. The largest absolute Gasteiger partial charge is 0.454 e. The molecule has 2 aromatic rings. The van der Waals surface area contributed by atoms with Gasteiger partial charge in [0, 0.05) is 31.3 Å². The van der Waals surface area contributed by atoms with Crippen molar-refractivity contribution < 1.29 is 19.2 Å². The second-order valence-electron chi connectivity index (χ2n) is 7.85. The van der Waals surface area contributed by atoms with Gasteiger partial charge in [0.2, 0.25) is 6.79 Å². The highest BCUT2D eigenvalue weighted by atomic mass is 16.7. The fourth-order valence-corrected chi connectivity index (χ4v) is 4.01. The third-order valence-corrected chi connectivity index (χ3v) is 5.57. The molecule has 30 heavy (non-hydrogen) atoms. The van der Waals surface area contributed by atoms with Crippen molar-refractivity contribution in [1.29, 1.82) is 0 Å². The molecule has 1 N–H and O–H groups in total. The number of nitro benzene ring substituents is 1. The molecular formula is C22H25N3O5. The number of amides is 1. The van der Waals surface area contributed by atoms with Gasteiger partial charge in [-0.1, -0.05) is 13.0 Å². The highest BCUT2D eigenvalue weighted by molar-refractivity contribution is 5.95. The van der Waals surface area contributed by atoms with E-state index in [1.54, 1.807) is 12.1 Å². The lowest BCUT2D eigenvalue weighted by molar-refractivity contribution is -0.384. The van der Waals surface area contributed by atoms with Gasteiger partial charge in [-0.3, -0.25) is 14.9 Å². The Morgan fingerprint density at radius 3 is 2.87 bits per heavy atom. The number of rotatable bonds is 6. The zero-order chi connectivity index (χ0) is 21.1. The summed E-state index contributed by atoms with van der Waals surface area (Å²) in [7, 11) is 0. The number of nitro groups is 1. The van der Waals surface area contributed by atoms with E-state index in [-0.39, 0.29) is 18.4 Å². The van der Waals surface area contributed by atoms with Crippen LogP contribution in [0, 0.1) is 16.0 Å². The first-order chi connectivity index (χ1) is 14.5. The lowest BCUT2D eigenvalue weighted by atomic mass is 9.99. The lowest BCUT2D eigenvalue weighted by Crippen LogP contribution is -2.34. The topological polar surface area (TPSA) is 93.9 Å². The van der Waals surface area contributed by atoms with Crippen LogP contribution in [-0.4, -0.2) is 37.3 Å². The number of fused-ring (bicyclic) bond motifs is 1. The zero-order valence-corrected chi connectivity index (χ0v) is 16.9. The molecule has 0 radical (unpaired) electrons. The summed E-state index contributed by atoms with van der Waals surface area (Å²) in [6, 6.07) is 10.4. The number of hydrogen-bond acceptors (Lipinski definition) is 6. The molecule has 0 aliphatic carbocycles. The van der Waals surface area contributed by atoms with Crippen LogP contribution in [0.5, 0.6) is 11.5 Å². The summed E-state index contributed by atoms with van der Waals surface area (Å²) in [6.45, 7) is 4.38. The molecule has 8 heteroatoms. The number of nitrogens with zero attached hydrogens (tertiary/aromatic N) is 2. The predicted octanol–water partition coefficient (Wildman–Crippen LogP) is 3.53. The summed E-state index contributed by atoms with van der Waals surface area (Å²) in [5.41, 5.74) is 1.87. The van der Waals surface area contributed by atoms with Crippen LogP contribution in [0.25, 0.3) is 0 Å². The summed E-state index contributed by atoms with van der Waals surface area (Å²) < 4.78 is 10.7. The molecule has 2 aliphatic heterocycles. The van der Waals surface area contributed by atoms with Crippen LogP contribution in [0.4, 0.5) is 11.4 Å². The van der Waals surface area contributed by atoms with Crippen molar-refractivity contribution in [3.63, 3.8) is 0 Å². The first-order valence-electron chi connectivity index (χ1n) is 10.2. The average Bonchev–Trinajstić information content (AvgIpc) is 3.21. The van der Waals surface area contributed by atoms with Gasteiger partial charge < -0.3 is 19.7 Å². The molecule has 1 atom stereocenters. The second kappa shape index (κ2) is 8.61. The summed E-state index contributed by atoms with van der Waals surface area (Å²) in [4.78, 5) is 25.8. The molecule has 2 heterocycles. The molecule has 4 rings (SSSR count). The van der Waals surface area contributed by atoms with Crippen molar-refractivity contribution in [3.8, 4) is 11.5 Å². The van der Waals surface area contributed by atoms with Crippen LogP contribution >= 0.6 is 0 Å². The van der Waals surface area contributed by atoms with Gasteiger partial charge in [-0.15, -0.1) is 0 Å². The Morgan fingerprint density at radius 1 is 1.23 bits per heavy atom. The molecule has 0 saturated carbocycles. The average molecular weight is 411 g/mol. The normalized spacial score (nSPS) is 17.6. The number of carbonyl (C=O) groups excluding carboxylic acids is 1. The minimum atomic E-state index is -0.405. The zero-order valence-electron chi connectivity index (χ0n) is 16.9. The standard InChI is InChI=1S/C22H25N3O5/c1-15-3-2-10-24(13-15)18-6-5-17(12-19(18)25(27)28)22(26)23-9-8-16-4-7-20-21(11-16)30-14-29-20/h4-7,11-12,15H,2-3,8-10,13-14H2,1H3,(H,23,26)/t15-/m1/s1. The van der Waals surface area contributed by atoms with Gasteiger partial charge in [0.15, 0.2) is 11.5 Å². The maximum absolute atomic E-state index is 12.5. The van der Waals surface area contributed by atoms with Crippen molar-refractivity contribution in [2.24, 2.45) is 5.92 Å². The minimum Gasteiger partial charge on any atom is -0.454 e. The van der Waals surface area contributed by atoms with Gasteiger partial charge in [-0.2, -0.15) is 0 Å². The Hall–Kier alpha value is -3.29. The molecule has 2 aromatic carbocycles. The predicted molar refractivity (Wildman–Crippen MR) is 112 cm³/mol. The van der Waals surface area contributed by atoms with Crippen molar-refractivity contribution in [2.75, 3.05) is 31.3 Å². The number of carbonyl (C=O) groups is 1. The van der Waals surface area contributed by atoms with E-state index in [0.29, 0.717) is 35.9 Å². The SMILES string of the molecule is C[C@@H]1CCCN(c2ccc(C(=O)NCCc3ccc4c(c3)OCO4)cc2[N+](=O)[O-])C1. The Kier molecular flexibility index (Phi) is 5.74. The van der Waals surface area contributed by atoms with E-state index in [0.717, 1.165) is 37.2 Å². The number of nitrogens with one attached hydrogen (secondary N) is 1. The number of piperidine rings is 1. The van der Waals surface area contributed by atoms with E-state index in [2.05, 4.69) is 12.2 Å². The lowest BCUT2D eigenvalue weighted by Gasteiger charge is -2.32. The van der Waals surface area contributed by atoms with E-state index < -0.39 is 4.92 Å². The Bertz CT molecular complexity index is 962. The smallest absolute Gasteiger partial charge is 0.293 e. The molecule has 0 aromatic heterocycles. The summed E-state index contributed by atoms with van der Waals surface area (Å²) in [5, 5.41) is 14.5. The van der Waals surface area contributed by atoms with Gasteiger partial charge in [0.25, 0.3) is 11.6 Å². The highest BCUT2D eigenvalue weighted by Crippen LogP contribution is 2.33. The van der Waals surface area contributed by atoms with Crippen LogP contribution < -0.4 is 19.7 Å². The molecule has 2 aliphatic rings. The molecule has 0 unspecified atom stereocenters. The number of ether oxygens (including phenoxy) is 2. The third-order valence-electron chi connectivity index (χ3n) is 5.57. The fourth-order valence-electron chi connectivity index (χ4n) is 4.01. The molecule has 158 valence electrons. The van der Waals surface area contributed by atoms with E-state index in [1.165, 1.54) is 6.07 Å². The van der Waals surface area contributed by atoms with E-state index in [9.17, 15) is 14.9 Å². The van der Waals surface area contributed by atoms with Crippen LogP contribution in [-0.2, 0) is 6.42 Å². The van der Waals surface area contributed by atoms with E-state index >= 15 is 0 Å². The summed E-state index contributed by atoms with van der Waals surface area (Å²) >= 11 is 0. The van der Waals surface area contributed by atoms with Gasteiger partial charge in [-0.25, -0.2) is 0 Å². The van der Waals surface area contributed by atoms with Crippen LogP contribution in [0.3, 0.4) is 0 Å². The van der Waals surface area contributed by atoms with Crippen molar-refractivity contribution >= 4 is 17.3 Å². The maximum Gasteiger partial charge on any atom is 0.293 e. The van der Waals surface area contributed by atoms with E-state index in [4.69, 9.17) is 9.47 Å². The van der Waals surface area contributed by atoms with Crippen LogP contribution in [0.15, 0.2) is 36.4 Å². The molecule has 8 nitrogen and oxygen atoms in total. The molecule has 1 amide bonds. The summed E-state index contributed by atoms with van der Waals surface area (Å²) in [5.74, 6) is 1.60. The Labute approximate surface area is 174 Å². The monoisotopic (exact) mass is 411 g/mol. The third kappa shape index (κ3) is 4.32. The minimum absolute atomic E-state index is 0.0208. The second-order valence-corrected chi connectivity index (χ2v) is 7.85. The molecule has 0 spiro atoms. The molecule has 1 saturated heterocycles. The fraction of sp³-hybridized carbons (Fsp3) is 0.409. The van der Waals surface area contributed by atoms with Crippen LogP contribution in [0.2, 0.25) is 0 Å². The van der Waals surface area contributed by atoms with Crippen LogP contribution in [0.1, 0.15) is 35.7 Å². The highest BCUT2D eigenvalue weighted by Gasteiger charge is 2.25. The van der Waals surface area contributed by atoms with Gasteiger partial charge in [0.05, 0.1) is 4.92 Å². The van der Waals surface area contributed by atoms with Crippen molar-refractivity contribution in [1.82, 2.24) is 5.32 Å². The Balaban J connectivity index is 1.41. The van der Waals surface area contributed by atoms with Crippen molar-refractivity contribution in [2.45, 2.75) is 26.2 Å². The van der Waals surface area contributed by atoms with Crippen molar-refractivity contribution in [3.05, 3.63) is 57.6 Å². The first-order valence-corrected chi connectivity index (χ1v) is 10.2.